The molecule has 0 spiro atoms. The van der Waals surface area contributed by atoms with E-state index >= 15 is 0 Å². The number of halogens is 1. The van der Waals surface area contributed by atoms with Crippen LogP contribution >= 0.6 is 24.0 Å². The molecular weight excluding hydrogens is 457 g/mol. The van der Waals surface area contributed by atoms with E-state index in [1.165, 1.54) is 0 Å². The van der Waals surface area contributed by atoms with E-state index in [9.17, 15) is 4.79 Å². The highest BCUT2D eigenvalue weighted by molar-refractivity contribution is 14.0. The third-order valence-corrected chi connectivity index (χ3v) is 5.32. The second kappa shape index (κ2) is 13.5. The molecule has 2 fully saturated rings. The van der Waals surface area contributed by atoms with Crippen molar-refractivity contribution in [3.05, 3.63) is 0 Å². The lowest BCUT2D eigenvalue weighted by Crippen LogP contribution is -2.57. The summed E-state index contributed by atoms with van der Waals surface area (Å²) in [4.78, 5) is 23.6. The van der Waals surface area contributed by atoms with Crippen molar-refractivity contribution in [2.24, 2.45) is 4.99 Å². The number of likely N-dealkylation sites (tertiary alicyclic amines) is 1. The summed E-state index contributed by atoms with van der Waals surface area (Å²) in [6.45, 7) is 12.0. The molecule has 1 unspecified atom stereocenters. The lowest BCUT2D eigenvalue weighted by Gasteiger charge is -2.39. The summed E-state index contributed by atoms with van der Waals surface area (Å²) in [6, 6.07) is -0.0165. The van der Waals surface area contributed by atoms with E-state index in [1.54, 1.807) is 0 Å². The predicted molar refractivity (Wildman–Crippen MR) is 121 cm³/mol. The number of hydrogen-bond acceptors (Lipinski definition) is 4. The molecule has 2 rings (SSSR count). The number of ether oxygens (including phenoxy) is 1. The molecule has 1 atom stereocenters. The van der Waals surface area contributed by atoms with Crippen molar-refractivity contribution < 1.29 is 9.53 Å². The molecule has 0 saturated carbocycles. The molecule has 0 bridgehead atoms. The summed E-state index contributed by atoms with van der Waals surface area (Å²) < 4.78 is 5.59. The van der Waals surface area contributed by atoms with Crippen LogP contribution in [0.1, 0.15) is 39.5 Å². The van der Waals surface area contributed by atoms with Crippen molar-refractivity contribution in [2.45, 2.75) is 45.6 Å². The Morgan fingerprint density at radius 2 is 1.74 bits per heavy atom. The Morgan fingerprint density at radius 1 is 1.07 bits per heavy atom. The van der Waals surface area contributed by atoms with Gasteiger partial charge in [0.1, 0.15) is 0 Å². The minimum Gasteiger partial charge on any atom is -0.380 e. The minimum absolute atomic E-state index is 0. The fraction of sp³-hybridized carbons (Fsp3) is 0.895. The van der Waals surface area contributed by atoms with Crippen LogP contribution in [-0.4, -0.2) is 98.7 Å². The molecule has 0 aromatic heterocycles. The van der Waals surface area contributed by atoms with Gasteiger partial charge in [0.05, 0.1) is 12.6 Å². The largest absolute Gasteiger partial charge is 0.380 e. The average Bonchev–Trinajstić information content (AvgIpc) is 3.21. The summed E-state index contributed by atoms with van der Waals surface area (Å²) in [5, 5.41) is 3.38. The predicted octanol–water partition coefficient (Wildman–Crippen LogP) is 1.63. The lowest BCUT2D eigenvalue weighted by molar-refractivity contribution is -0.135. The van der Waals surface area contributed by atoms with Crippen LogP contribution in [0.4, 0.5) is 0 Å². The van der Waals surface area contributed by atoms with E-state index < -0.39 is 0 Å². The summed E-state index contributed by atoms with van der Waals surface area (Å²) >= 11 is 0. The first-order valence-corrected chi connectivity index (χ1v) is 10.2. The van der Waals surface area contributed by atoms with Crippen LogP contribution in [0.5, 0.6) is 0 Å². The van der Waals surface area contributed by atoms with Crippen LogP contribution in [0.25, 0.3) is 0 Å². The molecule has 2 heterocycles. The molecule has 0 aromatic carbocycles. The van der Waals surface area contributed by atoms with Gasteiger partial charge in [0.25, 0.3) is 0 Å². The maximum Gasteiger partial charge on any atom is 0.239 e. The smallest absolute Gasteiger partial charge is 0.239 e. The number of rotatable bonds is 8. The molecule has 7 nitrogen and oxygen atoms in total. The maximum absolute atomic E-state index is 12.6. The van der Waals surface area contributed by atoms with Crippen molar-refractivity contribution in [2.75, 3.05) is 66.1 Å². The Bertz CT molecular complexity index is 449. The number of amides is 1. The van der Waals surface area contributed by atoms with E-state index in [4.69, 9.17) is 4.74 Å². The van der Waals surface area contributed by atoms with Crippen LogP contribution in [-0.2, 0) is 9.53 Å². The van der Waals surface area contributed by atoms with E-state index in [1.807, 2.05) is 11.9 Å². The van der Waals surface area contributed by atoms with Crippen LogP contribution in [0, 0.1) is 0 Å². The molecule has 27 heavy (non-hydrogen) atoms. The molecule has 1 N–H and O–H groups in total. The normalized spacial score (nSPS) is 19.7. The Balaban J connectivity index is 0.00000364. The first-order chi connectivity index (χ1) is 12.7. The minimum atomic E-state index is -0.0165. The molecule has 0 radical (unpaired) electrons. The molecular formula is C19H38IN5O2. The van der Waals surface area contributed by atoms with E-state index in [0.29, 0.717) is 12.5 Å². The third kappa shape index (κ3) is 7.73. The van der Waals surface area contributed by atoms with Gasteiger partial charge in [-0.15, -0.1) is 24.0 Å². The molecule has 1 amide bonds. The monoisotopic (exact) mass is 495 g/mol. The van der Waals surface area contributed by atoms with Gasteiger partial charge in [-0.25, -0.2) is 0 Å². The number of carbonyl (C=O) groups excluding carboxylic acids is 1. The highest BCUT2D eigenvalue weighted by Gasteiger charge is 2.30. The van der Waals surface area contributed by atoms with E-state index in [-0.39, 0.29) is 30.0 Å². The summed E-state index contributed by atoms with van der Waals surface area (Å²) in [7, 11) is 1.83. The van der Waals surface area contributed by atoms with Crippen molar-refractivity contribution in [1.82, 2.24) is 20.0 Å². The average molecular weight is 495 g/mol. The number of nitrogens with one attached hydrogen (secondary N) is 1. The zero-order chi connectivity index (χ0) is 18.8. The fourth-order valence-electron chi connectivity index (χ4n) is 3.59. The van der Waals surface area contributed by atoms with Crippen molar-refractivity contribution in [3.8, 4) is 0 Å². The van der Waals surface area contributed by atoms with Crippen LogP contribution < -0.4 is 5.32 Å². The summed E-state index contributed by atoms with van der Waals surface area (Å²) in [6.07, 6.45) is 4.58. The standard InChI is InChI=1S/C19H37N5O2.HI/c1-4-5-15-26-16-8-21-19(20-3)24-13-11-22(12-14-24)17(2)18(25)23-9-6-7-10-23;/h17H,4-16H2,1-3H3,(H,20,21);1H. The maximum atomic E-state index is 12.6. The van der Waals surface area contributed by atoms with E-state index in [2.05, 4.69) is 34.0 Å². The number of hydrogen-bond donors (Lipinski definition) is 1. The SMILES string of the molecule is CCCCOCCNC(=NC)N1CCN(C(C)C(=O)N2CCCC2)CC1.I. The van der Waals surface area contributed by atoms with Gasteiger partial charge in [0.2, 0.25) is 5.91 Å². The Labute approximate surface area is 181 Å². The first-order valence-electron chi connectivity index (χ1n) is 10.2. The Kier molecular flexibility index (Phi) is 12.3. The van der Waals surface area contributed by atoms with Crippen molar-refractivity contribution in [1.29, 1.82) is 0 Å². The van der Waals surface area contributed by atoms with Crippen molar-refractivity contribution in [3.63, 3.8) is 0 Å². The van der Waals surface area contributed by atoms with Crippen LogP contribution in [0.3, 0.4) is 0 Å². The van der Waals surface area contributed by atoms with Gasteiger partial charge in [0.15, 0.2) is 5.96 Å². The number of piperazine rings is 1. The molecule has 2 saturated heterocycles. The molecule has 0 aliphatic carbocycles. The lowest BCUT2D eigenvalue weighted by atomic mass is 10.2. The number of carbonyl (C=O) groups is 1. The van der Waals surface area contributed by atoms with E-state index in [0.717, 1.165) is 84.1 Å². The number of guanidine groups is 1. The molecule has 8 heteroatoms. The third-order valence-electron chi connectivity index (χ3n) is 5.32. The molecule has 0 aromatic rings. The van der Waals surface area contributed by atoms with Gasteiger partial charge >= 0.3 is 0 Å². The second-order valence-electron chi connectivity index (χ2n) is 7.17. The summed E-state index contributed by atoms with van der Waals surface area (Å²) in [5.41, 5.74) is 0. The quantitative estimate of drug-likeness (QED) is 0.240. The number of aliphatic imine (C=N–C) groups is 1. The second-order valence-corrected chi connectivity index (χ2v) is 7.17. The highest BCUT2D eigenvalue weighted by Crippen LogP contribution is 2.14. The van der Waals surface area contributed by atoms with Gasteiger partial charge in [-0.05, 0) is 26.2 Å². The highest BCUT2D eigenvalue weighted by atomic mass is 127. The van der Waals surface area contributed by atoms with Gasteiger partial charge in [-0.1, -0.05) is 13.3 Å². The summed E-state index contributed by atoms with van der Waals surface area (Å²) in [5.74, 6) is 1.23. The zero-order valence-corrected chi connectivity index (χ0v) is 19.6. The Hall–Kier alpha value is -0.610. The van der Waals surface area contributed by atoms with Crippen molar-refractivity contribution >= 4 is 35.8 Å². The topological polar surface area (TPSA) is 60.4 Å². The van der Waals surface area contributed by atoms with Gasteiger partial charge in [0, 0.05) is 59.5 Å². The Morgan fingerprint density at radius 3 is 2.33 bits per heavy atom. The van der Waals surface area contributed by atoms with Gasteiger partial charge in [-0.3, -0.25) is 14.7 Å². The molecule has 2 aliphatic heterocycles. The molecule has 158 valence electrons. The number of nitrogens with zero attached hydrogens (tertiary/aromatic N) is 4. The molecule has 2 aliphatic rings. The van der Waals surface area contributed by atoms with Crippen LogP contribution in [0.15, 0.2) is 4.99 Å². The number of unbranched alkanes of at least 4 members (excludes halogenated alkanes) is 1. The van der Waals surface area contributed by atoms with Crippen LogP contribution in [0.2, 0.25) is 0 Å². The first kappa shape index (κ1) is 24.4. The van der Waals surface area contributed by atoms with Gasteiger partial charge in [-0.2, -0.15) is 0 Å². The zero-order valence-electron chi connectivity index (χ0n) is 17.3. The fourth-order valence-corrected chi connectivity index (χ4v) is 3.59. The van der Waals surface area contributed by atoms with Gasteiger partial charge < -0.3 is 19.9 Å².